The van der Waals surface area contributed by atoms with Crippen LogP contribution in [0.25, 0.3) is 22.9 Å². The molecule has 3 rings (SSSR count). The number of halogens is 3. The van der Waals surface area contributed by atoms with Crippen molar-refractivity contribution in [2.75, 3.05) is 0 Å². The molecule has 0 amide bonds. The third-order valence-electron chi connectivity index (χ3n) is 3.27. The highest BCUT2D eigenvalue weighted by Gasteiger charge is 2.05. The number of benzene rings is 3. The van der Waals surface area contributed by atoms with Gasteiger partial charge in [-0.3, -0.25) is 0 Å². The van der Waals surface area contributed by atoms with E-state index in [1.165, 1.54) is 6.07 Å². The standard InChI is InChI=1S/C18H11BrF2/c19-16-11-17(20)15(10-18(16)21)8-6-12-5-7-13-3-1-2-4-14(13)9-12/h1-11H/b8-6+. The van der Waals surface area contributed by atoms with Crippen molar-refractivity contribution in [1.82, 2.24) is 0 Å². The third-order valence-corrected chi connectivity index (χ3v) is 3.88. The van der Waals surface area contributed by atoms with E-state index >= 15 is 0 Å². The molecule has 3 aromatic carbocycles. The van der Waals surface area contributed by atoms with Crippen molar-refractivity contribution in [3.8, 4) is 0 Å². The molecule has 0 spiro atoms. The lowest BCUT2D eigenvalue weighted by Crippen LogP contribution is -1.86. The van der Waals surface area contributed by atoms with Crippen LogP contribution in [0.2, 0.25) is 0 Å². The molecule has 0 saturated heterocycles. The van der Waals surface area contributed by atoms with E-state index in [9.17, 15) is 8.78 Å². The van der Waals surface area contributed by atoms with Crippen LogP contribution in [0.5, 0.6) is 0 Å². The van der Waals surface area contributed by atoms with Crippen LogP contribution in [-0.4, -0.2) is 0 Å². The molecule has 0 radical (unpaired) electrons. The van der Waals surface area contributed by atoms with Crippen LogP contribution in [0, 0.1) is 11.6 Å². The maximum Gasteiger partial charge on any atom is 0.138 e. The van der Waals surface area contributed by atoms with Gasteiger partial charge < -0.3 is 0 Å². The van der Waals surface area contributed by atoms with Gasteiger partial charge in [0.2, 0.25) is 0 Å². The smallest absolute Gasteiger partial charge is 0.138 e. The zero-order valence-corrected chi connectivity index (χ0v) is 12.6. The predicted molar refractivity (Wildman–Crippen MR) is 86.9 cm³/mol. The second-order valence-corrected chi connectivity index (χ2v) is 5.58. The van der Waals surface area contributed by atoms with Crippen molar-refractivity contribution in [2.45, 2.75) is 0 Å². The molecule has 0 fully saturated rings. The monoisotopic (exact) mass is 344 g/mol. The van der Waals surface area contributed by atoms with E-state index < -0.39 is 11.6 Å². The van der Waals surface area contributed by atoms with Gasteiger partial charge in [-0.2, -0.15) is 0 Å². The van der Waals surface area contributed by atoms with Crippen molar-refractivity contribution in [3.63, 3.8) is 0 Å². The molecule has 0 aliphatic heterocycles. The van der Waals surface area contributed by atoms with E-state index in [0.29, 0.717) is 0 Å². The summed E-state index contributed by atoms with van der Waals surface area (Å²) < 4.78 is 27.3. The fourth-order valence-corrected chi connectivity index (χ4v) is 2.48. The topological polar surface area (TPSA) is 0 Å². The summed E-state index contributed by atoms with van der Waals surface area (Å²) in [6.45, 7) is 0. The Morgan fingerprint density at radius 2 is 1.52 bits per heavy atom. The molecule has 0 aromatic heterocycles. The lowest BCUT2D eigenvalue weighted by molar-refractivity contribution is 0.592. The minimum absolute atomic E-state index is 0.128. The average molecular weight is 345 g/mol. The summed E-state index contributed by atoms with van der Waals surface area (Å²) in [6, 6.07) is 16.3. The van der Waals surface area contributed by atoms with Gasteiger partial charge in [-0.1, -0.05) is 48.6 Å². The maximum absolute atomic E-state index is 13.7. The van der Waals surface area contributed by atoms with Gasteiger partial charge in [-0.05, 0) is 50.5 Å². The second kappa shape index (κ2) is 5.78. The zero-order chi connectivity index (χ0) is 14.8. The van der Waals surface area contributed by atoms with Crippen LogP contribution in [0.1, 0.15) is 11.1 Å². The Kier molecular flexibility index (Phi) is 3.84. The van der Waals surface area contributed by atoms with E-state index in [1.807, 2.05) is 42.5 Å². The largest absolute Gasteiger partial charge is 0.206 e. The van der Waals surface area contributed by atoms with E-state index in [1.54, 1.807) is 12.2 Å². The predicted octanol–water partition coefficient (Wildman–Crippen LogP) is 6.05. The molecule has 0 atom stereocenters. The molecule has 21 heavy (non-hydrogen) atoms. The lowest BCUT2D eigenvalue weighted by atomic mass is 10.1. The van der Waals surface area contributed by atoms with Crippen LogP contribution in [0.3, 0.4) is 0 Å². The summed E-state index contributed by atoms with van der Waals surface area (Å²) in [5, 5.41) is 2.26. The molecular formula is C18H11BrF2. The van der Waals surface area contributed by atoms with Gasteiger partial charge in [-0.15, -0.1) is 0 Å². The molecular weight excluding hydrogens is 334 g/mol. The molecule has 3 heteroatoms. The van der Waals surface area contributed by atoms with Gasteiger partial charge in [0, 0.05) is 5.56 Å². The van der Waals surface area contributed by atoms with Crippen molar-refractivity contribution in [3.05, 3.63) is 81.8 Å². The summed E-state index contributed by atoms with van der Waals surface area (Å²) in [5.74, 6) is -0.935. The fourth-order valence-electron chi connectivity index (χ4n) is 2.16. The minimum Gasteiger partial charge on any atom is -0.206 e. The van der Waals surface area contributed by atoms with Gasteiger partial charge in [0.05, 0.1) is 4.47 Å². The van der Waals surface area contributed by atoms with Crippen molar-refractivity contribution in [2.24, 2.45) is 0 Å². The molecule has 0 N–H and O–H groups in total. The van der Waals surface area contributed by atoms with Gasteiger partial charge in [0.25, 0.3) is 0 Å². The van der Waals surface area contributed by atoms with Crippen LogP contribution in [0.4, 0.5) is 8.78 Å². The first-order chi connectivity index (χ1) is 10.1. The zero-order valence-electron chi connectivity index (χ0n) is 11.0. The first kappa shape index (κ1) is 14.0. The Morgan fingerprint density at radius 1 is 0.762 bits per heavy atom. The number of hydrogen-bond acceptors (Lipinski definition) is 0. The normalized spacial score (nSPS) is 11.4. The molecule has 0 unspecified atom stereocenters. The Labute approximate surface area is 129 Å². The number of rotatable bonds is 2. The third kappa shape index (κ3) is 3.03. The molecule has 0 bridgehead atoms. The van der Waals surface area contributed by atoms with Crippen LogP contribution >= 0.6 is 15.9 Å². The molecule has 104 valence electrons. The molecule has 0 saturated carbocycles. The fraction of sp³-hybridized carbons (Fsp3) is 0. The highest BCUT2D eigenvalue weighted by molar-refractivity contribution is 9.10. The van der Waals surface area contributed by atoms with Gasteiger partial charge in [-0.25, -0.2) is 8.78 Å². The quantitative estimate of drug-likeness (QED) is 0.392. The Bertz CT molecular complexity index is 838. The molecule has 0 heterocycles. The van der Waals surface area contributed by atoms with Crippen molar-refractivity contribution >= 4 is 38.9 Å². The van der Waals surface area contributed by atoms with Gasteiger partial charge in [0.1, 0.15) is 11.6 Å². The molecule has 0 aliphatic rings. The van der Waals surface area contributed by atoms with Gasteiger partial charge >= 0.3 is 0 Å². The molecule has 0 aliphatic carbocycles. The summed E-state index contributed by atoms with van der Waals surface area (Å²) in [6.07, 6.45) is 3.35. The van der Waals surface area contributed by atoms with E-state index in [4.69, 9.17) is 0 Å². The summed E-state index contributed by atoms with van der Waals surface area (Å²) in [4.78, 5) is 0. The van der Waals surface area contributed by atoms with E-state index in [2.05, 4.69) is 15.9 Å². The number of hydrogen-bond donors (Lipinski definition) is 0. The lowest BCUT2D eigenvalue weighted by Gasteiger charge is -2.01. The summed E-state index contributed by atoms with van der Waals surface area (Å²) in [5.41, 5.74) is 1.17. The first-order valence-corrected chi connectivity index (χ1v) is 7.24. The van der Waals surface area contributed by atoms with E-state index in [-0.39, 0.29) is 10.0 Å². The Morgan fingerprint density at radius 3 is 2.33 bits per heavy atom. The van der Waals surface area contributed by atoms with Crippen molar-refractivity contribution < 1.29 is 8.78 Å². The number of fused-ring (bicyclic) bond motifs is 1. The van der Waals surface area contributed by atoms with Crippen LogP contribution < -0.4 is 0 Å². The SMILES string of the molecule is Fc1cc(/C=C/c2ccc3ccccc3c2)c(F)cc1Br. The molecule has 3 aromatic rings. The van der Waals surface area contributed by atoms with Crippen LogP contribution in [0.15, 0.2) is 59.1 Å². The van der Waals surface area contributed by atoms with Gasteiger partial charge in [0.15, 0.2) is 0 Å². The first-order valence-electron chi connectivity index (χ1n) is 6.45. The minimum atomic E-state index is -0.477. The molecule has 0 nitrogen and oxygen atoms in total. The van der Waals surface area contributed by atoms with E-state index in [0.717, 1.165) is 22.4 Å². The maximum atomic E-state index is 13.7. The Hall–Kier alpha value is -2.00. The summed E-state index contributed by atoms with van der Waals surface area (Å²) >= 11 is 2.96. The highest BCUT2D eigenvalue weighted by atomic mass is 79.9. The van der Waals surface area contributed by atoms with Crippen molar-refractivity contribution in [1.29, 1.82) is 0 Å². The second-order valence-electron chi connectivity index (χ2n) is 4.73. The van der Waals surface area contributed by atoms with Crippen LogP contribution in [-0.2, 0) is 0 Å². The highest BCUT2D eigenvalue weighted by Crippen LogP contribution is 2.22. The summed E-state index contributed by atoms with van der Waals surface area (Å²) in [7, 11) is 0. The average Bonchev–Trinajstić information content (AvgIpc) is 2.49. The Balaban J connectivity index is 1.96.